The van der Waals surface area contributed by atoms with Gasteiger partial charge >= 0.3 is 6.18 Å². The van der Waals surface area contributed by atoms with E-state index in [4.69, 9.17) is 4.52 Å². The molecule has 0 radical (unpaired) electrons. The lowest BCUT2D eigenvalue weighted by Gasteiger charge is -2.29. The van der Waals surface area contributed by atoms with Gasteiger partial charge in [-0.05, 0) is 19.5 Å². The number of halogens is 3. The monoisotopic (exact) mass is 284 g/mol. The lowest BCUT2D eigenvalue weighted by Crippen LogP contribution is -2.35. The molecule has 0 unspecified atom stereocenters. The highest BCUT2D eigenvalue weighted by atomic mass is 19.4. The summed E-state index contributed by atoms with van der Waals surface area (Å²) in [5.41, 5.74) is 0.857. The van der Waals surface area contributed by atoms with Gasteiger partial charge in [-0.3, -0.25) is 4.90 Å². The minimum atomic E-state index is -4.36. The third-order valence-corrected chi connectivity index (χ3v) is 2.95. The second kappa shape index (κ2) is 5.66. The van der Waals surface area contributed by atoms with Crippen molar-refractivity contribution in [2.24, 2.45) is 0 Å². The third kappa shape index (κ3) is 3.39. The molecule has 1 atom stereocenters. The first kappa shape index (κ1) is 14.6. The van der Waals surface area contributed by atoms with E-state index in [0.717, 1.165) is 0 Å². The Morgan fingerprint density at radius 1 is 1.25 bits per heavy atom. The zero-order valence-electron chi connectivity index (χ0n) is 11.2. The van der Waals surface area contributed by atoms with Gasteiger partial charge < -0.3 is 4.52 Å². The van der Waals surface area contributed by atoms with Crippen molar-refractivity contribution < 1.29 is 17.7 Å². The summed E-state index contributed by atoms with van der Waals surface area (Å²) in [6.45, 7) is 1.77. The first-order chi connectivity index (χ1) is 9.38. The SMILES string of the molecule is Cc1cc(CN(C)[C@@H](c2ccccc2)C(F)(F)F)on1. The molecule has 0 amide bonds. The second-order valence-corrected chi connectivity index (χ2v) is 4.70. The number of hydrogen-bond donors (Lipinski definition) is 0. The first-order valence-electron chi connectivity index (χ1n) is 6.12. The molecule has 0 aliphatic carbocycles. The maximum atomic E-state index is 13.3. The van der Waals surface area contributed by atoms with Crippen LogP contribution in [0, 0.1) is 6.92 Å². The summed E-state index contributed by atoms with van der Waals surface area (Å²) in [6, 6.07) is 7.79. The van der Waals surface area contributed by atoms with Gasteiger partial charge in [-0.15, -0.1) is 0 Å². The largest absolute Gasteiger partial charge is 0.408 e. The van der Waals surface area contributed by atoms with Crippen LogP contribution in [0.3, 0.4) is 0 Å². The summed E-state index contributed by atoms with van der Waals surface area (Å²) in [7, 11) is 1.42. The lowest BCUT2D eigenvalue weighted by molar-refractivity contribution is -0.185. The number of nitrogens with zero attached hydrogens (tertiary/aromatic N) is 2. The molecule has 0 fully saturated rings. The summed E-state index contributed by atoms with van der Waals surface area (Å²) in [6.07, 6.45) is -4.36. The number of aryl methyl sites for hydroxylation is 1. The van der Waals surface area contributed by atoms with Crippen LogP contribution in [0.4, 0.5) is 13.2 Å². The van der Waals surface area contributed by atoms with E-state index in [1.54, 1.807) is 31.2 Å². The van der Waals surface area contributed by atoms with Crippen LogP contribution < -0.4 is 0 Å². The number of benzene rings is 1. The molecule has 1 aromatic carbocycles. The molecule has 2 rings (SSSR count). The van der Waals surface area contributed by atoms with Crippen molar-refractivity contribution in [3.05, 3.63) is 53.4 Å². The van der Waals surface area contributed by atoms with Gasteiger partial charge in [-0.2, -0.15) is 13.2 Å². The van der Waals surface area contributed by atoms with Crippen LogP contribution in [0.15, 0.2) is 40.9 Å². The smallest absolute Gasteiger partial charge is 0.360 e. The van der Waals surface area contributed by atoms with E-state index in [9.17, 15) is 13.2 Å². The highest BCUT2D eigenvalue weighted by Crippen LogP contribution is 2.37. The molecular weight excluding hydrogens is 269 g/mol. The van der Waals surface area contributed by atoms with Crippen LogP contribution >= 0.6 is 0 Å². The highest BCUT2D eigenvalue weighted by molar-refractivity contribution is 5.20. The van der Waals surface area contributed by atoms with Gasteiger partial charge in [-0.25, -0.2) is 0 Å². The van der Waals surface area contributed by atoms with E-state index in [1.165, 1.54) is 24.1 Å². The molecule has 2 aromatic rings. The van der Waals surface area contributed by atoms with Crippen LogP contribution in [-0.2, 0) is 6.54 Å². The van der Waals surface area contributed by atoms with Crippen LogP contribution in [0.2, 0.25) is 0 Å². The minimum absolute atomic E-state index is 0.0416. The van der Waals surface area contributed by atoms with Gasteiger partial charge in [0.1, 0.15) is 6.04 Å². The lowest BCUT2D eigenvalue weighted by atomic mass is 10.1. The topological polar surface area (TPSA) is 29.3 Å². The summed E-state index contributed by atoms with van der Waals surface area (Å²) in [5.74, 6) is 0.412. The Labute approximate surface area is 115 Å². The van der Waals surface area contributed by atoms with E-state index in [2.05, 4.69) is 5.16 Å². The van der Waals surface area contributed by atoms with Crippen molar-refractivity contribution in [2.45, 2.75) is 25.7 Å². The Morgan fingerprint density at radius 2 is 1.90 bits per heavy atom. The molecule has 6 heteroatoms. The second-order valence-electron chi connectivity index (χ2n) is 4.70. The molecule has 0 saturated heterocycles. The molecule has 3 nitrogen and oxygen atoms in total. The molecule has 0 saturated carbocycles. The standard InChI is InChI=1S/C14H15F3N2O/c1-10-8-12(20-18-10)9-19(2)13(14(15,16)17)11-6-4-3-5-7-11/h3-8,13H,9H2,1-2H3/t13-/m0/s1. The van der Waals surface area contributed by atoms with Gasteiger partial charge in [0.25, 0.3) is 0 Å². The van der Waals surface area contributed by atoms with Gasteiger partial charge in [0.05, 0.1) is 12.2 Å². The fourth-order valence-electron chi connectivity index (χ4n) is 2.16. The molecule has 0 aliphatic rings. The molecule has 1 heterocycles. The van der Waals surface area contributed by atoms with Crippen molar-refractivity contribution in [3.8, 4) is 0 Å². The van der Waals surface area contributed by atoms with Gasteiger partial charge in [0.2, 0.25) is 0 Å². The molecule has 0 bridgehead atoms. The fraction of sp³-hybridized carbons (Fsp3) is 0.357. The zero-order valence-corrected chi connectivity index (χ0v) is 11.2. The maximum Gasteiger partial charge on any atom is 0.408 e. The Hall–Kier alpha value is -1.82. The number of hydrogen-bond acceptors (Lipinski definition) is 3. The van der Waals surface area contributed by atoms with Crippen LogP contribution in [0.25, 0.3) is 0 Å². The Bertz CT molecular complexity index is 551. The van der Waals surface area contributed by atoms with Gasteiger partial charge in [-0.1, -0.05) is 35.5 Å². The highest BCUT2D eigenvalue weighted by Gasteiger charge is 2.43. The number of rotatable bonds is 4. The predicted octanol–water partition coefficient (Wildman–Crippen LogP) is 3.72. The average molecular weight is 284 g/mol. The van der Waals surface area contributed by atoms with E-state index in [-0.39, 0.29) is 12.1 Å². The molecule has 0 N–H and O–H groups in total. The molecule has 0 aliphatic heterocycles. The van der Waals surface area contributed by atoms with Crippen molar-refractivity contribution in [1.29, 1.82) is 0 Å². The van der Waals surface area contributed by atoms with Crippen molar-refractivity contribution >= 4 is 0 Å². The van der Waals surface area contributed by atoms with Gasteiger partial charge in [0.15, 0.2) is 5.76 Å². The van der Waals surface area contributed by atoms with E-state index in [0.29, 0.717) is 11.5 Å². The Morgan fingerprint density at radius 3 is 2.40 bits per heavy atom. The minimum Gasteiger partial charge on any atom is -0.360 e. The Kier molecular flexibility index (Phi) is 4.13. The normalized spacial score (nSPS) is 13.7. The van der Waals surface area contributed by atoms with Crippen molar-refractivity contribution in [3.63, 3.8) is 0 Å². The molecule has 108 valence electrons. The molecule has 1 aromatic heterocycles. The summed E-state index contributed by atoms with van der Waals surface area (Å²) in [4.78, 5) is 1.20. The molecule has 0 spiro atoms. The van der Waals surface area contributed by atoms with Gasteiger partial charge in [0, 0.05) is 6.07 Å². The zero-order chi connectivity index (χ0) is 14.8. The van der Waals surface area contributed by atoms with Crippen molar-refractivity contribution in [2.75, 3.05) is 7.05 Å². The summed E-state index contributed by atoms with van der Waals surface area (Å²) < 4.78 is 44.8. The quantitative estimate of drug-likeness (QED) is 0.857. The maximum absolute atomic E-state index is 13.3. The molecular formula is C14H15F3N2O. The average Bonchev–Trinajstić information content (AvgIpc) is 2.74. The van der Waals surface area contributed by atoms with Crippen LogP contribution in [0.1, 0.15) is 23.1 Å². The van der Waals surface area contributed by atoms with E-state index < -0.39 is 12.2 Å². The number of aromatic nitrogens is 1. The first-order valence-corrected chi connectivity index (χ1v) is 6.12. The molecule has 20 heavy (non-hydrogen) atoms. The summed E-state index contributed by atoms with van der Waals surface area (Å²) in [5, 5.41) is 3.68. The number of alkyl halides is 3. The third-order valence-electron chi connectivity index (χ3n) is 2.95. The van der Waals surface area contributed by atoms with Crippen molar-refractivity contribution in [1.82, 2.24) is 10.1 Å². The predicted molar refractivity (Wildman–Crippen MR) is 67.9 cm³/mol. The van der Waals surface area contributed by atoms with Crippen LogP contribution in [-0.4, -0.2) is 23.3 Å². The van der Waals surface area contributed by atoms with Crippen LogP contribution in [0.5, 0.6) is 0 Å². The Balaban J connectivity index is 2.23. The fourth-order valence-corrected chi connectivity index (χ4v) is 2.16. The van der Waals surface area contributed by atoms with E-state index in [1.807, 2.05) is 0 Å². The summed E-state index contributed by atoms with van der Waals surface area (Å²) >= 11 is 0. The van der Waals surface area contributed by atoms with E-state index >= 15 is 0 Å².